The molecule has 0 aliphatic heterocycles. The molecule has 3 N–H and O–H groups in total. The summed E-state index contributed by atoms with van der Waals surface area (Å²) in [5.74, 6) is 1.58. The molecule has 1 fully saturated rings. The van der Waals surface area contributed by atoms with Gasteiger partial charge in [-0.2, -0.15) is 0 Å². The van der Waals surface area contributed by atoms with Crippen LogP contribution < -0.4 is 15.4 Å². The van der Waals surface area contributed by atoms with Gasteiger partial charge in [0.1, 0.15) is 4.21 Å². The third-order valence-corrected chi connectivity index (χ3v) is 6.99. The lowest BCUT2D eigenvalue weighted by molar-refractivity contribution is 0.329. The maximum atomic E-state index is 12.0. The zero-order chi connectivity index (χ0) is 17.4. The predicted molar refractivity (Wildman–Crippen MR) is 100 cm³/mol. The van der Waals surface area contributed by atoms with Crippen molar-refractivity contribution in [1.29, 1.82) is 0 Å². The second-order valence-electron chi connectivity index (χ2n) is 6.19. The molecule has 0 amide bonds. The fourth-order valence-corrected chi connectivity index (χ4v) is 4.81. The number of guanidine groups is 1. The van der Waals surface area contributed by atoms with Gasteiger partial charge in [-0.3, -0.25) is 4.99 Å². The summed E-state index contributed by atoms with van der Waals surface area (Å²) in [5, 5.41) is 8.45. The minimum absolute atomic E-state index is 0.290. The third-order valence-electron chi connectivity index (χ3n) is 4.13. The van der Waals surface area contributed by atoms with E-state index in [0.29, 0.717) is 23.3 Å². The summed E-state index contributed by atoms with van der Waals surface area (Å²) in [4.78, 5) is 4.48. The number of nitrogens with zero attached hydrogens (tertiary/aromatic N) is 1. The summed E-state index contributed by atoms with van der Waals surface area (Å²) in [6, 6.07) is 3.79. The maximum absolute atomic E-state index is 12.0. The van der Waals surface area contributed by atoms with Crippen molar-refractivity contribution in [3.8, 4) is 0 Å². The van der Waals surface area contributed by atoms with Gasteiger partial charge in [-0.1, -0.05) is 13.0 Å². The molecule has 1 heterocycles. The van der Waals surface area contributed by atoms with Crippen molar-refractivity contribution in [3.05, 3.63) is 17.5 Å². The van der Waals surface area contributed by atoms with Crippen molar-refractivity contribution in [2.45, 2.75) is 49.8 Å². The first-order chi connectivity index (χ1) is 11.5. The second-order valence-corrected chi connectivity index (χ2v) is 9.13. The van der Waals surface area contributed by atoms with Crippen LogP contribution in [0, 0.1) is 5.92 Å². The van der Waals surface area contributed by atoms with Gasteiger partial charge in [0.05, 0.1) is 6.54 Å². The fraction of sp³-hybridized carbons (Fsp3) is 0.688. The highest BCUT2D eigenvalue weighted by Crippen LogP contribution is 2.23. The number of hydrogen-bond acceptors (Lipinski definition) is 4. The summed E-state index contributed by atoms with van der Waals surface area (Å²) in [6.45, 7) is 5.81. The van der Waals surface area contributed by atoms with E-state index in [1.54, 1.807) is 17.5 Å². The van der Waals surface area contributed by atoms with Crippen molar-refractivity contribution in [1.82, 2.24) is 15.4 Å². The Morgan fingerprint density at radius 1 is 1.33 bits per heavy atom. The average Bonchev–Trinajstić information content (AvgIpc) is 3.09. The molecule has 1 saturated carbocycles. The molecule has 1 aromatic rings. The van der Waals surface area contributed by atoms with E-state index in [0.717, 1.165) is 31.3 Å². The second kappa shape index (κ2) is 9.39. The van der Waals surface area contributed by atoms with Crippen LogP contribution in [0.1, 0.15) is 39.5 Å². The number of aliphatic imine (C=N–C) groups is 1. The zero-order valence-corrected chi connectivity index (χ0v) is 16.0. The number of rotatable bonds is 7. The number of sulfonamides is 1. The molecule has 0 aromatic carbocycles. The minimum atomic E-state index is -3.40. The highest BCUT2D eigenvalue weighted by atomic mass is 32.2. The highest BCUT2D eigenvalue weighted by molar-refractivity contribution is 7.91. The minimum Gasteiger partial charge on any atom is -0.357 e. The summed E-state index contributed by atoms with van der Waals surface area (Å²) in [6.07, 6.45) is 4.82. The lowest BCUT2D eigenvalue weighted by atomic mass is 9.87. The Hall–Kier alpha value is -1.12. The van der Waals surface area contributed by atoms with E-state index in [9.17, 15) is 8.42 Å². The van der Waals surface area contributed by atoms with Crippen molar-refractivity contribution in [2.75, 3.05) is 19.6 Å². The molecule has 2 rings (SSSR count). The van der Waals surface area contributed by atoms with Crippen LogP contribution in [0.15, 0.2) is 26.7 Å². The van der Waals surface area contributed by atoms with Gasteiger partial charge >= 0.3 is 0 Å². The molecule has 136 valence electrons. The maximum Gasteiger partial charge on any atom is 0.250 e. The van der Waals surface area contributed by atoms with Gasteiger partial charge in [-0.05, 0) is 50.0 Å². The topological polar surface area (TPSA) is 82.6 Å². The quantitative estimate of drug-likeness (QED) is 0.389. The van der Waals surface area contributed by atoms with E-state index >= 15 is 0 Å². The first kappa shape index (κ1) is 19.2. The van der Waals surface area contributed by atoms with Crippen LogP contribution in [0.25, 0.3) is 0 Å². The van der Waals surface area contributed by atoms with Gasteiger partial charge in [-0.15, -0.1) is 11.3 Å². The summed E-state index contributed by atoms with van der Waals surface area (Å²) in [5.41, 5.74) is 0. The molecule has 1 aromatic heterocycles. The molecule has 0 spiro atoms. The molecule has 0 radical (unpaired) electrons. The molecule has 0 bridgehead atoms. The Labute approximate surface area is 149 Å². The standard InChI is InChI=1S/C16H28N4O2S2/c1-3-17-16(20-14-8-6-13(2)7-9-14)18-10-11-19-24(21,22)15-5-4-12-23-15/h4-5,12-14,19H,3,6-11H2,1-2H3,(H2,17,18,20). The Bertz CT molecular complexity index is 606. The largest absolute Gasteiger partial charge is 0.357 e. The first-order valence-corrected chi connectivity index (χ1v) is 11.0. The van der Waals surface area contributed by atoms with E-state index in [2.05, 4.69) is 27.3 Å². The third kappa shape index (κ3) is 6.07. The van der Waals surface area contributed by atoms with Gasteiger partial charge in [0, 0.05) is 19.1 Å². The lowest BCUT2D eigenvalue weighted by Crippen LogP contribution is -2.45. The monoisotopic (exact) mass is 372 g/mol. The molecule has 0 saturated heterocycles. The van der Waals surface area contributed by atoms with Crippen molar-refractivity contribution >= 4 is 27.3 Å². The van der Waals surface area contributed by atoms with E-state index in [1.807, 2.05) is 6.92 Å². The summed E-state index contributed by atoms with van der Waals surface area (Å²) in [7, 11) is -3.40. The fourth-order valence-electron chi connectivity index (χ4n) is 2.75. The Morgan fingerprint density at radius 3 is 2.71 bits per heavy atom. The molecule has 0 atom stereocenters. The van der Waals surface area contributed by atoms with Gasteiger partial charge in [0.2, 0.25) is 10.0 Å². The van der Waals surface area contributed by atoms with E-state index in [4.69, 9.17) is 0 Å². The van der Waals surface area contributed by atoms with Crippen LogP contribution in [0.4, 0.5) is 0 Å². The van der Waals surface area contributed by atoms with Crippen LogP contribution in [-0.2, 0) is 10.0 Å². The molecular weight excluding hydrogens is 344 g/mol. The molecule has 0 unspecified atom stereocenters. The number of hydrogen-bond donors (Lipinski definition) is 3. The van der Waals surface area contributed by atoms with Crippen molar-refractivity contribution in [2.24, 2.45) is 10.9 Å². The van der Waals surface area contributed by atoms with Crippen LogP contribution >= 0.6 is 11.3 Å². The molecule has 1 aliphatic rings. The molecule has 8 heteroatoms. The average molecular weight is 373 g/mol. The smallest absolute Gasteiger partial charge is 0.250 e. The number of nitrogens with one attached hydrogen (secondary N) is 3. The zero-order valence-electron chi connectivity index (χ0n) is 14.4. The Balaban J connectivity index is 1.80. The lowest BCUT2D eigenvalue weighted by Gasteiger charge is -2.28. The SMILES string of the molecule is CCNC(=NCCNS(=O)(=O)c1cccs1)NC1CCC(C)CC1. The highest BCUT2D eigenvalue weighted by Gasteiger charge is 2.19. The summed E-state index contributed by atoms with van der Waals surface area (Å²) >= 11 is 1.21. The normalized spacial score (nSPS) is 22.3. The van der Waals surface area contributed by atoms with Gasteiger partial charge in [-0.25, -0.2) is 13.1 Å². The van der Waals surface area contributed by atoms with Crippen LogP contribution in [0.5, 0.6) is 0 Å². The molecule has 6 nitrogen and oxygen atoms in total. The first-order valence-electron chi connectivity index (χ1n) is 8.59. The van der Waals surface area contributed by atoms with Crippen molar-refractivity contribution < 1.29 is 8.42 Å². The van der Waals surface area contributed by atoms with Crippen LogP contribution in [-0.4, -0.2) is 40.1 Å². The van der Waals surface area contributed by atoms with E-state index in [-0.39, 0.29) is 0 Å². The predicted octanol–water partition coefficient (Wildman–Crippen LogP) is 2.16. The van der Waals surface area contributed by atoms with Crippen LogP contribution in [0.2, 0.25) is 0 Å². The van der Waals surface area contributed by atoms with Gasteiger partial charge < -0.3 is 10.6 Å². The Kier molecular flexibility index (Phi) is 7.51. The molecule has 1 aliphatic carbocycles. The van der Waals surface area contributed by atoms with Gasteiger partial charge in [0.25, 0.3) is 0 Å². The molecular formula is C16H28N4O2S2. The summed E-state index contributed by atoms with van der Waals surface area (Å²) < 4.78 is 27.0. The van der Waals surface area contributed by atoms with Gasteiger partial charge in [0.15, 0.2) is 5.96 Å². The molecule has 24 heavy (non-hydrogen) atoms. The Morgan fingerprint density at radius 2 is 2.08 bits per heavy atom. The van der Waals surface area contributed by atoms with E-state index < -0.39 is 10.0 Å². The number of thiophene rings is 1. The van der Waals surface area contributed by atoms with Crippen molar-refractivity contribution in [3.63, 3.8) is 0 Å². The van der Waals surface area contributed by atoms with E-state index in [1.165, 1.54) is 24.2 Å². The van der Waals surface area contributed by atoms with Crippen LogP contribution in [0.3, 0.4) is 0 Å².